The summed E-state index contributed by atoms with van der Waals surface area (Å²) < 4.78 is 25.1. The minimum Gasteiger partial charge on any atom is -0.197 e. The van der Waals surface area contributed by atoms with Crippen LogP contribution in [0.1, 0.15) is 15.3 Å². The molecule has 13 heavy (non-hydrogen) atoms. The second-order valence-electron chi connectivity index (χ2n) is 3.41. The third-order valence-corrected chi connectivity index (χ3v) is 3.23. The molecule has 0 bridgehead atoms. The highest BCUT2D eigenvalue weighted by molar-refractivity contribution is 7.12. The van der Waals surface area contributed by atoms with E-state index in [-0.39, 0.29) is 5.57 Å². The molecular formula is C10H10F2S. The third-order valence-electron chi connectivity index (χ3n) is 2.22. The van der Waals surface area contributed by atoms with Gasteiger partial charge in [-0.25, -0.2) is 0 Å². The van der Waals surface area contributed by atoms with Gasteiger partial charge in [0.15, 0.2) is 0 Å². The molecule has 0 nitrogen and oxygen atoms in total. The van der Waals surface area contributed by atoms with Gasteiger partial charge in [-0.2, -0.15) is 8.78 Å². The van der Waals surface area contributed by atoms with Gasteiger partial charge in [0.1, 0.15) is 0 Å². The summed E-state index contributed by atoms with van der Waals surface area (Å²) in [7, 11) is 0. The summed E-state index contributed by atoms with van der Waals surface area (Å²) in [5.41, 5.74) is 1.32. The molecule has 0 spiro atoms. The van der Waals surface area contributed by atoms with Crippen LogP contribution in [0.4, 0.5) is 8.78 Å². The predicted molar refractivity (Wildman–Crippen MR) is 50.5 cm³/mol. The maximum absolute atomic E-state index is 12.5. The topological polar surface area (TPSA) is 0 Å². The van der Waals surface area contributed by atoms with Gasteiger partial charge in [-0.1, -0.05) is 0 Å². The fourth-order valence-corrected chi connectivity index (χ4v) is 2.36. The molecule has 0 saturated carbocycles. The number of thiophene rings is 1. The third kappa shape index (κ3) is 1.66. The zero-order valence-electron chi connectivity index (χ0n) is 7.53. The number of allylic oxidation sites excluding steroid dienone is 2. The predicted octanol–water partition coefficient (Wildman–Crippen LogP) is 3.48. The Kier molecular flexibility index (Phi) is 1.80. The lowest BCUT2D eigenvalue weighted by atomic mass is 10.1. The molecule has 70 valence electrons. The highest BCUT2D eigenvalue weighted by Gasteiger charge is 2.44. The number of hydrogen-bond acceptors (Lipinski definition) is 1. The van der Waals surface area contributed by atoms with E-state index in [4.69, 9.17) is 0 Å². The first-order chi connectivity index (χ1) is 5.99. The van der Waals surface area contributed by atoms with E-state index in [0.717, 1.165) is 16.5 Å². The van der Waals surface area contributed by atoms with Crippen molar-refractivity contribution in [2.24, 2.45) is 0 Å². The molecule has 0 aromatic carbocycles. The van der Waals surface area contributed by atoms with E-state index in [1.54, 1.807) is 11.3 Å². The standard InChI is InChI=1S/C10H10F2S/c1-6-3-8(7(2)13-6)4-9-5-10(9,11)12/h3,5H,4H2,1-2H3. The lowest BCUT2D eigenvalue weighted by Crippen LogP contribution is -1.96. The average Bonchev–Trinajstić information content (AvgIpc) is 2.43. The van der Waals surface area contributed by atoms with Gasteiger partial charge in [0, 0.05) is 21.7 Å². The minimum absolute atomic E-state index is 0.272. The maximum atomic E-state index is 12.5. The lowest BCUT2D eigenvalue weighted by molar-refractivity contribution is 0.141. The fraction of sp³-hybridized carbons (Fsp3) is 0.400. The van der Waals surface area contributed by atoms with Gasteiger partial charge in [-0.05, 0) is 31.6 Å². The van der Waals surface area contributed by atoms with Gasteiger partial charge >= 0.3 is 0 Å². The summed E-state index contributed by atoms with van der Waals surface area (Å²) in [4.78, 5) is 2.35. The van der Waals surface area contributed by atoms with E-state index in [1.165, 1.54) is 4.88 Å². The monoisotopic (exact) mass is 200 g/mol. The molecule has 0 unspecified atom stereocenters. The Hall–Kier alpha value is -0.700. The normalized spacial score (nSPS) is 18.6. The molecule has 1 aliphatic rings. The van der Waals surface area contributed by atoms with E-state index >= 15 is 0 Å². The molecule has 0 atom stereocenters. The molecule has 1 aliphatic carbocycles. The largest absolute Gasteiger partial charge is 0.288 e. The van der Waals surface area contributed by atoms with Crippen molar-refractivity contribution < 1.29 is 8.78 Å². The van der Waals surface area contributed by atoms with E-state index in [0.29, 0.717) is 6.42 Å². The van der Waals surface area contributed by atoms with Crippen molar-refractivity contribution in [1.29, 1.82) is 0 Å². The summed E-state index contributed by atoms with van der Waals surface area (Å²) in [6.45, 7) is 3.98. The van der Waals surface area contributed by atoms with Crippen molar-refractivity contribution in [3.63, 3.8) is 0 Å². The molecule has 0 N–H and O–H groups in total. The van der Waals surface area contributed by atoms with Gasteiger partial charge in [-0.3, -0.25) is 0 Å². The zero-order valence-corrected chi connectivity index (χ0v) is 8.34. The first-order valence-corrected chi connectivity index (χ1v) is 4.96. The van der Waals surface area contributed by atoms with Crippen molar-refractivity contribution in [1.82, 2.24) is 0 Å². The number of hydrogen-bond donors (Lipinski definition) is 0. The Balaban J connectivity index is 2.11. The van der Waals surface area contributed by atoms with Crippen LogP contribution in [0.3, 0.4) is 0 Å². The molecular weight excluding hydrogens is 190 g/mol. The Morgan fingerprint density at radius 3 is 2.38 bits per heavy atom. The average molecular weight is 200 g/mol. The van der Waals surface area contributed by atoms with E-state index in [1.807, 2.05) is 19.9 Å². The highest BCUT2D eigenvalue weighted by Crippen LogP contribution is 2.42. The molecule has 0 fully saturated rings. The van der Waals surface area contributed by atoms with Crippen LogP contribution < -0.4 is 0 Å². The van der Waals surface area contributed by atoms with Crippen LogP contribution >= 0.6 is 11.3 Å². The Morgan fingerprint density at radius 1 is 1.38 bits per heavy atom. The Labute approximate surface area is 79.9 Å². The van der Waals surface area contributed by atoms with Crippen molar-refractivity contribution in [3.8, 4) is 0 Å². The molecule has 2 rings (SSSR count). The molecule has 0 saturated heterocycles. The molecule has 1 aromatic heterocycles. The van der Waals surface area contributed by atoms with Crippen LogP contribution in [0, 0.1) is 13.8 Å². The number of rotatable bonds is 2. The molecule has 0 amide bonds. The molecule has 0 radical (unpaired) electrons. The highest BCUT2D eigenvalue weighted by atomic mass is 32.1. The van der Waals surface area contributed by atoms with E-state index in [2.05, 4.69) is 0 Å². The first-order valence-electron chi connectivity index (χ1n) is 4.15. The summed E-state index contributed by atoms with van der Waals surface area (Å²) in [5.74, 6) is -2.58. The molecule has 1 heterocycles. The second-order valence-corrected chi connectivity index (χ2v) is 4.87. The van der Waals surface area contributed by atoms with Gasteiger partial charge < -0.3 is 0 Å². The quantitative estimate of drug-likeness (QED) is 0.641. The zero-order chi connectivity index (χ0) is 9.64. The minimum atomic E-state index is -2.58. The summed E-state index contributed by atoms with van der Waals surface area (Å²) in [6.07, 6.45) is 1.46. The summed E-state index contributed by atoms with van der Waals surface area (Å²) >= 11 is 1.67. The molecule has 3 heteroatoms. The Morgan fingerprint density at radius 2 is 2.00 bits per heavy atom. The van der Waals surface area contributed by atoms with Crippen molar-refractivity contribution in [3.05, 3.63) is 33.0 Å². The number of alkyl halides is 2. The van der Waals surface area contributed by atoms with Crippen LogP contribution in [-0.4, -0.2) is 5.92 Å². The van der Waals surface area contributed by atoms with E-state index < -0.39 is 5.92 Å². The first kappa shape index (κ1) is 8.88. The maximum Gasteiger partial charge on any atom is 0.288 e. The van der Waals surface area contributed by atoms with Crippen molar-refractivity contribution >= 4 is 11.3 Å². The lowest BCUT2D eigenvalue weighted by Gasteiger charge is -1.97. The summed E-state index contributed by atoms with van der Waals surface area (Å²) in [5, 5.41) is 0. The van der Waals surface area contributed by atoms with E-state index in [9.17, 15) is 8.78 Å². The van der Waals surface area contributed by atoms with Gasteiger partial charge in [0.2, 0.25) is 0 Å². The fourth-order valence-electron chi connectivity index (χ4n) is 1.42. The van der Waals surface area contributed by atoms with Crippen LogP contribution in [0.15, 0.2) is 17.7 Å². The van der Waals surface area contributed by atoms with Gasteiger partial charge in [0.25, 0.3) is 5.92 Å². The van der Waals surface area contributed by atoms with Crippen molar-refractivity contribution in [2.75, 3.05) is 0 Å². The number of halogens is 2. The van der Waals surface area contributed by atoms with Crippen molar-refractivity contribution in [2.45, 2.75) is 26.2 Å². The SMILES string of the molecule is Cc1cc(CC2=CC2(F)F)c(C)s1. The van der Waals surface area contributed by atoms with Gasteiger partial charge in [-0.15, -0.1) is 11.3 Å². The van der Waals surface area contributed by atoms with Crippen LogP contribution in [0.5, 0.6) is 0 Å². The molecule has 1 aromatic rings. The van der Waals surface area contributed by atoms with Crippen LogP contribution in [-0.2, 0) is 6.42 Å². The summed E-state index contributed by atoms with van der Waals surface area (Å²) in [6, 6.07) is 2.00. The van der Waals surface area contributed by atoms with Gasteiger partial charge in [0.05, 0.1) is 0 Å². The Bertz CT molecular complexity index is 374. The molecule has 0 aliphatic heterocycles. The second kappa shape index (κ2) is 2.64. The van der Waals surface area contributed by atoms with Crippen LogP contribution in [0.2, 0.25) is 0 Å². The number of aryl methyl sites for hydroxylation is 2. The van der Waals surface area contributed by atoms with Crippen LogP contribution in [0.25, 0.3) is 0 Å². The smallest absolute Gasteiger partial charge is 0.197 e.